The molecule has 0 aliphatic carbocycles. The highest BCUT2D eigenvalue weighted by molar-refractivity contribution is 5.79. The number of likely N-dealkylation sites (tertiary alicyclic amines) is 1. The van der Waals surface area contributed by atoms with Crippen molar-refractivity contribution < 1.29 is 9.84 Å². The first kappa shape index (κ1) is 22.7. The number of hydrogen-bond donors (Lipinski definition) is 3. The van der Waals surface area contributed by atoms with Gasteiger partial charge < -0.3 is 25.4 Å². The van der Waals surface area contributed by atoms with Gasteiger partial charge in [-0.1, -0.05) is 37.3 Å². The van der Waals surface area contributed by atoms with Gasteiger partial charge in [0, 0.05) is 32.7 Å². The minimum absolute atomic E-state index is 0.0967. The third kappa shape index (κ3) is 9.53. The van der Waals surface area contributed by atoms with Crippen LogP contribution in [0.1, 0.15) is 38.7 Å². The second-order valence-corrected chi connectivity index (χ2v) is 7.68. The van der Waals surface area contributed by atoms with Crippen molar-refractivity contribution in [2.45, 2.75) is 45.8 Å². The standard InChI is InChI=1S/C22H38N4O2/c1-3-23-22(24-12-7-13-26-14-10-21(27)11-15-26)25-16-19(2)17-28-18-20-8-5-4-6-9-20/h4-6,8-9,19,21,27H,3,7,10-18H2,1-2H3,(H2,23,24,25). The van der Waals surface area contributed by atoms with Crippen LogP contribution < -0.4 is 10.6 Å². The Morgan fingerprint density at radius 3 is 2.71 bits per heavy atom. The Bertz CT molecular complexity index is 545. The SMILES string of the molecule is CCNC(=NCC(C)COCc1ccccc1)NCCCN1CCC(O)CC1. The van der Waals surface area contributed by atoms with Crippen LogP contribution in [-0.2, 0) is 11.3 Å². The van der Waals surface area contributed by atoms with E-state index in [2.05, 4.69) is 41.5 Å². The van der Waals surface area contributed by atoms with Crippen molar-refractivity contribution in [3.8, 4) is 0 Å². The molecule has 0 bridgehead atoms. The molecule has 1 aliphatic rings. The first-order chi connectivity index (χ1) is 13.7. The number of piperidine rings is 1. The summed E-state index contributed by atoms with van der Waals surface area (Å²) in [6, 6.07) is 10.3. The van der Waals surface area contributed by atoms with Gasteiger partial charge in [0.25, 0.3) is 0 Å². The number of hydrogen-bond acceptors (Lipinski definition) is 4. The van der Waals surface area contributed by atoms with Gasteiger partial charge in [-0.05, 0) is 44.2 Å². The average molecular weight is 391 g/mol. The zero-order chi connectivity index (χ0) is 20.0. The van der Waals surface area contributed by atoms with Gasteiger partial charge >= 0.3 is 0 Å². The molecule has 3 N–H and O–H groups in total. The number of guanidine groups is 1. The highest BCUT2D eigenvalue weighted by Gasteiger charge is 2.16. The van der Waals surface area contributed by atoms with Crippen LogP contribution in [0.2, 0.25) is 0 Å². The number of aliphatic hydroxyl groups is 1. The van der Waals surface area contributed by atoms with Crippen LogP contribution in [0.25, 0.3) is 0 Å². The third-order valence-corrected chi connectivity index (χ3v) is 4.92. The highest BCUT2D eigenvalue weighted by atomic mass is 16.5. The molecule has 0 amide bonds. The number of benzene rings is 1. The van der Waals surface area contributed by atoms with E-state index in [4.69, 9.17) is 9.73 Å². The quantitative estimate of drug-likeness (QED) is 0.307. The summed E-state index contributed by atoms with van der Waals surface area (Å²) in [6.07, 6.45) is 2.79. The fourth-order valence-electron chi connectivity index (χ4n) is 3.25. The van der Waals surface area contributed by atoms with Crippen molar-refractivity contribution in [2.75, 3.05) is 45.9 Å². The molecule has 1 fully saturated rings. The Labute approximate surface area is 170 Å². The Kier molecular flexibility index (Phi) is 10.9. The van der Waals surface area contributed by atoms with Gasteiger partial charge in [0.15, 0.2) is 5.96 Å². The summed E-state index contributed by atoms with van der Waals surface area (Å²) in [6.45, 7) is 11.2. The predicted octanol–water partition coefficient (Wildman–Crippen LogP) is 2.24. The van der Waals surface area contributed by atoms with E-state index in [1.807, 2.05) is 18.2 Å². The van der Waals surface area contributed by atoms with Crippen LogP contribution in [-0.4, -0.2) is 67.9 Å². The topological polar surface area (TPSA) is 69.1 Å². The number of nitrogens with one attached hydrogen (secondary N) is 2. The minimum atomic E-state index is -0.0967. The van der Waals surface area contributed by atoms with E-state index >= 15 is 0 Å². The molecule has 0 radical (unpaired) electrons. The number of rotatable bonds is 11. The van der Waals surface area contributed by atoms with Crippen LogP contribution >= 0.6 is 0 Å². The first-order valence-corrected chi connectivity index (χ1v) is 10.7. The molecule has 1 aromatic carbocycles. The summed E-state index contributed by atoms with van der Waals surface area (Å²) in [7, 11) is 0. The molecule has 1 saturated heterocycles. The molecule has 158 valence electrons. The van der Waals surface area contributed by atoms with Gasteiger partial charge in [-0.25, -0.2) is 0 Å². The Morgan fingerprint density at radius 2 is 2.00 bits per heavy atom. The van der Waals surface area contributed by atoms with Crippen molar-refractivity contribution in [2.24, 2.45) is 10.9 Å². The summed E-state index contributed by atoms with van der Waals surface area (Å²) in [5.41, 5.74) is 1.21. The lowest BCUT2D eigenvalue weighted by Gasteiger charge is -2.29. The molecule has 0 spiro atoms. The van der Waals surface area contributed by atoms with Crippen molar-refractivity contribution in [1.82, 2.24) is 15.5 Å². The smallest absolute Gasteiger partial charge is 0.191 e. The fraction of sp³-hybridized carbons (Fsp3) is 0.682. The van der Waals surface area contributed by atoms with Crippen LogP contribution in [0.4, 0.5) is 0 Å². The zero-order valence-electron chi connectivity index (χ0n) is 17.6. The van der Waals surface area contributed by atoms with Gasteiger partial charge in [0.1, 0.15) is 0 Å². The number of nitrogens with zero attached hydrogens (tertiary/aromatic N) is 2. The van der Waals surface area contributed by atoms with Gasteiger partial charge in [0.2, 0.25) is 0 Å². The minimum Gasteiger partial charge on any atom is -0.393 e. The molecule has 2 rings (SSSR count). The Morgan fingerprint density at radius 1 is 1.25 bits per heavy atom. The summed E-state index contributed by atoms with van der Waals surface area (Å²) in [5, 5.41) is 16.3. The largest absolute Gasteiger partial charge is 0.393 e. The number of ether oxygens (including phenoxy) is 1. The van der Waals surface area contributed by atoms with Gasteiger partial charge in [-0.2, -0.15) is 0 Å². The fourth-order valence-corrected chi connectivity index (χ4v) is 3.25. The molecule has 1 atom stereocenters. The number of aliphatic imine (C=N–C) groups is 1. The van der Waals surface area contributed by atoms with E-state index < -0.39 is 0 Å². The zero-order valence-corrected chi connectivity index (χ0v) is 17.6. The van der Waals surface area contributed by atoms with E-state index in [0.29, 0.717) is 19.1 Å². The molecule has 1 aromatic rings. The Balaban J connectivity index is 1.60. The van der Waals surface area contributed by atoms with E-state index in [0.717, 1.165) is 64.5 Å². The lowest BCUT2D eigenvalue weighted by molar-refractivity contribution is 0.0823. The maximum absolute atomic E-state index is 9.57. The maximum atomic E-state index is 9.57. The first-order valence-electron chi connectivity index (χ1n) is 10.7. The highest BCUT2D eigenvalue weighted by Crippen LogP contribution is 2.09. The predicted molar refractivity (Wildman–Crippen MR) is 116 cm³/mol. The van der Waals surface area contributed by atoms with E-state index in [9.17, 15) is 5.11 Å². The molecule has 0 aromatic heterocycles. The third-order valence-electron chi connectivity index (χ3n) is 4.92. The molecular weight excluding hydrogens is 352 g/mol. The summed E-state index contributed by atoms with van der Waals surface area (Å²) >= 11 is 0. The van der Waals surface area contributed by atoms with Crippen LogP contribution in [0.15, 0.2) is 35.3 Å². The summed E-state index contributed by atoms with van der Waals surface area (Å²) in [5.74, 6) is 1.26. The molecule has 28 heavy (non-hydrogen) atoms. The van der Waals surface area contributed by atoms with Crippen LogP contribution in [0.3, 0.4) is 0 Å². The maximum Gasteiger partial charge on any atom is 0.191 e. The van der Waals surface area contributed by atoms with Crippen molar-refractivity contribution in [1.29, 1.82) is 0 Å². The molecule has 6 nitrogen and oxygen atoms in total. The molecule has 1 heterocycles. The van der Waals surface area contributed by atoms with Crippen molar-refractivity contribution in [3.05, 3.63) is 35.9 Å². The van der Waals surface area contributed by atoms with Crippen molar-refractivity contribution in [3.63, 3.8) is 0 Å². The Hall–Kier alpha value is -1.63. The second-order valence-electron chi connectivity index (χ2n) is 7.68. The van der Waals surface area contributed by atoms with Crippen molar-refractivity contribution >= 4 is 5.96 Å². The van der Waals surface area contributed by atoms with E-state index in [1.54, 1.807) is 0 Å². The second kappa shape index (κ2) is 13.5. The summed E-state index contributed by atoms with van der Waals surface area (Å²) in [4.78, 5) is 7.14. The molecule has 1 aliphatic heterocycles. The molecular formula is C22H38N4O2. The lowest BCUT2D eigenvalue weighted by Crippen LogP contribution is -2.40. The van der Waals surface area contributed by atoms with Gasteiger partial charge in [0.05, 0.1) is 19.3 Å². The van der Waals surface area contributed by atoms with Gasteiger partial charge in [-0.15, -0.1) is 0 Å². The molecule has 0 saturated carbocycles. The van der Waals surface area contributed by atoms with E-state index in [-0.39, 0.29) is 6.10 Å². The monoisotopic (exact) mass is 390 g/mol. The molecule has 1 unspecified atom stereocenters. The number of aliphatic hydroxyl groups excluding tert-OH is 1. The lowest BCUT2D eigenvalue weighted by atomic mass is 10.1. The summed E-state index contributed by atoms with van der Waals surface area (Å²) < 4.78 is 5.81. The van der Waals surface area contributed by atoms with Crippen LogP contribution in [0, 0.1) is 5.92 Å². The normalized spacial score (nSPS) is 17.5. The average Bonchev–Trinajstić information content (AvgIpc) is 2.71. The van der Waals surface area contributed by atoms with Crippen LogP contribution in [0.5, 0.6) is 0 Å². The van der Waals surface area contributed by atoms with Gasteiger partial charge in [-0.3, -0.25) is 4.99 Å². The van der Waals surface area contributed by atoms with E-state index in [1.165, 1.54) is 5.56 Å². The molecule has 6 heteroatoms.